The van der Waals surface area contributed by atoms with Crippen molar-refractivity contribution >= 4 is 29.2 Å². The molecule has 2 N–H and O–H groups in total. The minimum absolute atomic E-state index is 0.00276. The smallest absolute Gasteiger partial charge is 0.308 e. The molecule has 11 heteroatoms. The number of aliphatic carboxylic acids is 1. The number of amides is 2. The molecule has 0 unspecified atom stereocenters. The first-order valence-electron chi connectivity index (χ1n) is 17.6. The molecule has 3 aromatic carbocycles. The van der Waals surface area contributed by atoms with E-state index in [1.807, 2.05) is 29.2 Å². The standard InChI is InChI=1S/C39H46FN3O7/c1-4-8-28(9-5-2)43(29-12-13-31(40)24(3)16-29)36(46)21-41-20-30(26-17-27(22-44)38-34(18-26)49-23-50-38)37(39(47)48)33(41)14-15-42-32-11-7-6-10-25(32)19-35(42)45/h6-7,10-13,16-18,28,30,33,37,44H,4-5,8-9,14-15,19-23H2,1-3H3,(H,47,48)/t30-,33+,37-/m1/s1. The molecule has 1 fully saturated rings. The van der Waals surface area contributed by atoms with Crippen LogP contribution in [0.1, 0.15) is 74.1 Å². The summed E-state index contributed by atoms with van der Waals surface area (Å²) in [6.07, 6.45) is 3.84. The van der Waals surface area contributed by atoms with Gasteiger partial charge < -0.3 is 29.5 Å². The number of aliphatic hydroxyl groups excluding tert-OH is 1. The highest BCUT2D eigenvalue weighted by Gasteiger charge is 2.48. The van der Waals surface area contributed by atoms with Gasteiger partial charge in [-0.05, 0) is 79.3 Å². The number of likely N-dealkylation sites (tertiary alicyclic amines) is 1. The van der Waals surface area contributed by atoms with Crippen LogP contribution in [0.15, 0.2) is 54.6 Å². The molecule has 0 aromatic heterocycles. The molecule has 0 radical (unpaired) electrons. The molecular formula is C39H46FN3O7. The molecule has 0 spiro atoms. The number of ether oxygens (including phenoxy) is 2. The van der Waals surface area contributed by atoms with Crippen LogP contribution in [0.5, 0.6) is 11.5 Å². The molecule has 3 aliphatic heterocycles. The van der Waals surface area contributed by atoms with Crippen LogP contribution in [-0.2, 0) is 27.4 Å². The Labute approximate surface area is 292 Å². The van der Waals surface area contributed by atoms with E-state index in [9.17, 15) is 29.0 Å². The Morgan fingerprint density at radius 3 is 2.52 bits per heavy atom. The van der Waals surface area contributed by atoms with Gasteiger partial charge in [0.1, 0.15) is 5.82 Å². The van der Waals surface area contributed by atoms with Gasteiger partial charge >= 0.3 is 5.97 Å². The van der Waals surface area contributed by atoms with Crippen LogP contribution in [0.4, 0.5) is 15.8 Å². The quantitative estimate of drug-likeness (QED) is 0.218. The predicted molar refractivity (Wildman–Crippen MR) is 187 cm³/mol. The van der Waals surface area contributed by atoms with E-state index in [-0.39, 0.29) is 56.6 Å². The van der Waals surface area contributed by atoms with Crippen molar-refractivity contribution in [1.82, 2.24) is 4.90 Å². The fourth-order valence-corrected chi connectivity index (χ4v) is 8.11. The van der Waals surface area contributed by atoms with E-state index in [4.69, 9.17) is 9.47 Å². The van der Waals surface area contributed by atoms with Gasteiger partial charge in [-0.15, -0.1) is 0 Å². The van der Waals surface area contributed by atoms with Crippen LogP contribution in [0, 0.1) is 18.7 Å². The molecule has 1 saturated heterocycles. The van der Waals surface area contributed by atoms with E-state index in [0.717, 1.165) is 36.9 Å². The van der Waals surface area contributed by atoms with Crippen LogP contribution < -0.4 is 19.3 Å². The number of halogens is 1. The number of anilines is 2. The van der Waals surface area contributed by atoms with Crippen LogP contribution in [-0.4, -0.2) is 71.4 Å². The molecule has 0 saturated carbocycles. The third-order valence-corrected chi connectivity index (χ3v) is 10.4. The first-order chi connectivity index (χ1) is 24.1. The third kappa shape index (κ3) is 6.93. The fourth-order valence-electron chi connectivity index (χ4n) is 8.11. The zero-order valence-corrected chi connectivity index (χ0v) is 28.9. The van der Waals surface area contributed by atoms with Crippen molar-refractivity contribution in [1.29, 1.82) is 0 Å². The zero-order valence-electron chi connectivity index (χ0n) is 28.9. The second-order valence-corrected chi connectivity index (χ2v) is 13.6. The Bertz CT molecular complexity index is 1740. The summed E-state index contributed by atoms with van der Waals surface area (Å²) < 4.78 is 25.6. The van der Waals surface area contributed by atoms with Gasteiger partial charge in [-0.25, -0.2) is 4.39 Å². The number of fused-ring (bicyclic) bond motifs is 2. The van der Waals surface area contributed by atoms with Crippen molar-refractivity contribution in [3.8, 4) is 11.5 Å². The first kappa shape index (κ1) is 35.3. The highest BCUT2D eigenvalue weighted by Crippen LogP contribution is 2.45. The van der Waals surface area contributed by atoms with Gasteiger partial charge in [0.2, 0.25) is 18.6 Å². The number of carbonyl (C=O) groups excluding carboxylic acids is 2. The number of carboxylic acid groups (broad SMARTS) is 1. The highest BCUT2D eigenvalue weighted by atomic mass is 19.1. The lowest BCUT2D eigenvalue weighted by atomic mass is 9.83. The fraction of sp³-hybridized carbons (Fsp3) is 0.462. The summed E-state index contributed by atoms with van der Waals surface area (Å²) >= 11 is 0. The van der Waals surface area contributed by atoms with E-state index in [0.29, 0.717) is 46.8 Å². The van der Waals surface area contributed by atoms with Crippen molar-refractivity contribution in [3.63, 3.8) is 0 Å². The van der Waals surface area contributed by atoms with Crippen LogP contribution in [0.2, 0.25) is 0 Å². The minimum atomic E-state index is -1.01. The number of rotatable bonds is 14. The SMILES string of the molecule is CCCC(CCC)N(C(=O)CN1C[C@H](c2cc(CO)c3c(c2)OCO3)[C@@H](C(=O)O)[C@@H]1CCN1C(=O)Cc2ccccc21)c1ccc(F)c(C)c1. The molecule has 2 amide bonds. The lowest BCUT2D eigenvalue weighted by molar-refractivity contribution is -0.143. The van der Waals surface area contributed by atoms with Gasteiger partial charge in [0.15, 0.2) is 11.5 Å². The molecule has 266 valence electrons. The summed E-state index contributed by atoms with van der Waals surface area (Å²) in [5.74, 6) is -2.17. The molecule has 0 bridgehead atoms. The maximum absolute atomic E-state index is 14.6. The van der Waals surface area contributed by atoms with Crippen molar-refractivity contribution in [2.75, 3.05) is 36.2 Å². The van der Waals surface area contributed by atoms with E-state index in [1.54, 1.807) is 41.0 Å². The lowest BCUT2D eigenvalue weighted by Crippen LogP contribution is -2.48. The maximum Gasteiger partial charge on any atom is 0.308 e. The van der Waals surface area contributed by atoms with Gasteiger partial charge in [-0.1, -0.05) is 44.9 Å². The Morgan fingerprint density at radius 2 is 1.82 bits per heavy atom. The summed E-state index contributed by atoms with van der Waals surface area (Å²) in [4.78, 5) is 46.4. The summed E-state index contributed by atoms with van der Waals surface area (Å²) in [5.41, 5.74) is 3.99. The number of benzene rings is 3. The summed E-state index contributed by atoms with van der Waals surface area (Å²) in [6.45, 7) is 6.00. The average molecular weight is 688 g/mol. The molecule has 50 heavy (non-hydrogen) atoms. The Kier molecular flexibility index (Phi) is 10.7. The number of para-hydroxylation sites is 1. The number of hydrogen-bond acceptors (Lipinski definition) is 7. The number of carbonyl (C=O) groups is 3. The zero-order chi connectivity index (χ0) is 35.5. The number of hydrogen-bond donors (Lipinski definition) is 2. The third-order valence-electron chi connectivity index (χ3n) is 10.4. The maximum atomic E-state index is 14.6. The van der Waals surface area contributed by atoms with Crippen LogP contribution >= 0.6 is 0 Å². The highest BCUT2D eigenvalue weighted by molar-refractivity contribution is 6.01. The van der Waals surface area contributed by atoms with Crippen molar-refractivity contribution in [2.24, 2.45) is 5.92 Å². The Balaban J connectivity index is 1.37. The molecule has 0 aliphatic carbocycles. The van der Waals surface area contributed by atoms with Crippen LogP contribution in [0.25, 0.3) is 0 Å². The van der Waals surface area contributed by atoms with Gasteiger partial charge in [0.05, 0.1) is 25.5 Å². The number of aryl methyl sites for hydroxylation is 1. The van der Waals surface area contributed by atoms with Crippen LogP contribution in [0.3, 0.4) is 0 Å². The molecule has 10 nitrogen and oxygen atoms in total. The van der Waals surface area contributed by atoms with E-state index in [2.05, 4.69) is 13.8 Å². The molecule has 6 rings (SSSR count). The summed E-state index contributed by atoms with van der Waals surface area (Å²) in [7, 11) is 0. The normalized spacial score (nSPS) is 19.8. The van der Waals surface area contributed by atoms with E-state index >= 15 is 0 Å². The molecule has 3 aromatic rings. The van der Waals surface area contributed by atoms with Gasteiger partial charge in [0, 0.05) is 48.0 Å². The minimum Gasteiger partial charge on any atom is -0.481 e. The van der Waals surface area contributed by atoms with Crippen molar-refractivity contribution in [3.05, 3.63) is 82.7 Å². The lowest BCUT2D eigenvalue weighted by Gasteiger charge is -2.35. The predicted octanol–water partition coefficient (Wildman–Crippen LogP) is 5.81. The summed E-state index contributed by atoms with van der Waals surface area (Å²) in [6, 6.07) is 15.2. The van der Waals surface area contributed by atoms with Crippen molar-refractivity contribution in [2.45, 2.75) is 83.9 Å². The van der Waals surface area contributed by atoms with E-state index in [1.165, 1.54) is 6.07 Å². The average Bonchev–Trinajstić information content (AvgIpc) is 3.80. The van der Waals surface area contributed by atoms with Gasteiger partial charge in [0.25, 0.3) is 0 Å². The van der Waals surface area contributed by atoms with Crippen molar-refractivity contribution < 1.29 is 38.5 Å². The van der Waals surface area contributed by atoms with Gasteiger partial charge in [-0.3, -0.25) is 19.3 Å². The second-order valence-electron chi connectivity index (χ2n) is 13.6. The van der Waals surface area contributed by atoms with E-state index < -0.39 is 23.8 Å². The molecule has 3 atom stereocenters. The molecule has 3 aliphatic rings. The molecular weight excluding hydrogens is 641 g/mol. The summed E-state index contributed by atoms with van der Waals surface area (Å²) in [5, 5.41) is 21.0. The number of carboxylic acids is 1. The Morgan fingerprint density at radius 1 is 1.06 bits per heavy atom. The molecule has 3 heterocycles. The topological polar surface area (TPSA) is 120 Å². The Hall–Kier alpha value is -4.48. The monoisotopic (exact) mass is 687 g/mol. The number of nitrogens with zero attached hydrogens (tertiary/aromatic N) is 3. The van der Waals surface area contributed by atoms with Gasteiger partial charge in [-0.2, -0.15) is 0 Å². The largest absolute Gasteiger partial charge is 0.481 e. The first-order valence-corrected chi connectivity index (χ1v) is 17.6. The number of aliphatic hydroxyl groups is 1. The second kappa shape index (κ2) is 15.2.